The molecule has 7 atom stereocenters. The van der Waals surface area contributed by atoms with E-state index in [0.717, 1.165) is 25.7 Å². The van der Waals surface area contributed by atoms with Crippen LogP contribution in [0.15, 0.2) is 23.8 Å². The highest BCUT2D eigenvalue weighted by Gasteiger charge is 2.40. The minimum absolute atomic E-state index is 0.0628. The Hall–Kier alpha value is -1.13. The smallest absolute Gasteiger partial charge is 0.308 e. The maximum absolute atomic E-state index is 12.4. The molecule has 0 saturated heterocycles. The van der Waals surface area contributed by atoms with Gasteiger partial charge < -0.3 is 14.9 Å². The van der Waals surface area contributed by atoms with Gasteiger partial charge in [0, 0.05) is 5.92 Å². The van der Waals surface area contributed by atoms with E-state index in [2.05, 4.69) is 25.2 Å². The quantitative estimate of drug-likeness (QED) is 0.639. The van der Waals surface area contributed by atoms with Gasteiger partial charge in [-0.3, -0.25) is 4.79 Å². The first-order valence-electron chi connectivity index (χ1n) is 10.3. The molecule has 0 aliphatic heterocycles. The topological polar surface area (TPSA) is 66.8 Å². The number of aliphatic hydroxyl groups excluding tert-OH is 2. The van der Waals surface area contributed by atoms with Gasteiger partial charge in [0.25, 0.3) is 0 Å². The van der Waals surface area contributed by atoms with E-state index < -0.39 is 12.2 Å². The third-order valence-electron chi connectivity index (χ3n) is 6.07. The van der Waals surface area contributed by atoms with Crippen LogP contribution in [-0.2, 0) is 9.53 Å². The summed E-state index contributed by atoms with van der Waals surface area (Å²) in [6.45, 7) is 7.85. The molecule has 0 amide bonds. The van der Waals surface area contributed by atoms with Gasteiger partial charge in [-0.15, -0.1) is 0 Å². The van der Waals surface area contributed by atoms with Crippen molar-refractivity contribution in [1.29, 1.82) is 0 Å². The summed E-state index contributed by atoms with van der Waals surface area (Å²) in [5.41, 5.74) is 1.28. The van der Waals surface area contributed by atoms with E-state index in [1.54, 1.807) is 6.92 Å². The van der Waals surface area contributed by atoms with Gasteiger partial charge in [-0.25, -0.2) is 0 Å². The van der Waals surface area contributed by atoms with Crippen molar-refractivity contribution in [2.45, 2.75) is 84.5 Å². The molecule has 0 saturated carbocycles. The van der Waals surface area contributed by atoms with Crippen LogP contribution >= 0.6 is 0 Å². The zero-order chi connectivity index (χ0) is 19.3. The van der Waals surface area contributed by atoms with Crippen molar-refractivity contribution in [1.82, 2.24) is 0 Å². The number of carbonyl (C=O) groups excluding carboxylic acids is 1. The SMILES string of the molecule is CC[C@H](C)C(=O)OC1CCC=C2C=C[C@H](C)[C@H](CCC(O)CC(C)O)[C@H]21. The fourth-order valence-electron chi connectivity index (χ4n) is 4.28. The largest absolute Gasteiger partial charge is 0.461 e. The highest BCUT2D eigenvalue weighted by molar-refractivity contribution is 5.72. The molecule has 2 N–H and O–H groups in total. The molecule has 0 fully saturated rings. The molecule has 0 bridgehead atoms. The van der Waals surface area contributed by atoms with E-state index in [-0.39, 0.29) is 23.9 Å². The van der Waals surface area contributed by atoms with Gasteiger partial charge in [-0.2, -0.15) is 0 Å². The van der Waals surface area contributed by atoms with E-state index in [1.807, 2.05) is 13.8 Å². The summed E-state index contributed by atoms with van der Waals surface area (Å²) < 4.78 is 5.95. The van der Waals surface area contributed by atoms with Crippen LogP contribution in [0.1, 0.15) is 66.2 Å². The molecule has 0 heterocycles. The maximum atomic E-state index is 12.4. The minimum atomic E-state index is -0.483. The summed E-state index contributed by atoms with van der Waals surface area (Å²) in [6, 6.07) is 0. The van der Waals surface area contributed by atoms with Crippen LogP contribution in [0.4, 0.5) is 0 Å². The second-order valence-electron chi connectivity index (χ2n) is 8.29. The molecule has 0 radical (unpaired) electrons. The minimum Gasteiger partial charge on any atom is -0.461 e. The van der Waals surface area contributed by atoms with E-state index in [1.165, 1.54) is 5.57 Å². The maximum Gasteiger partial charge on any atom is 0.308 e. The molecule has 26 heavy (non-hydrogen) atoms. The molecule has 3 unspecified atom stereocenters. The van der Waals surface area contributed by atoms with Crippen molar-refractivity contribution >= 4 is 5.97 Å². The Labute approximate surface area is 158 Å². The van der Waals surface area contributed by atoms with Crippen molar-refractivity contribution < 1.29 is 19.7 Å². The Bertz CT molecular complexity index is 522. The first-order chi connectivity index (χ1) is 12.3. The molecule has 2 rings (SSSR count). The molecular formula is C22H36O4. The monoisotopic (exact) mass is 364 g/mol. The van der Waals surface area contributed by atoms with Gasteiger partial charge in [0.15, 0.2) is 0 Å². The Kier molecular flexibility index (Phi) is 7.90. The predicted octanol–water partition coefficient (Wildman–Crippen LogP) is 4.01. The van der Waals surface area contributed by atoms with Crippen LogP contribution in [-0.4, -0.2) is 34.5 Å². The molecule has 0 aromatic carbocycles. The van der Waals surface area contributed by atoms with E-state index in [4.69, 9.17) is 4.74 Å². The fraction of sp³-hybridized carbons (Fsp3) is 0.773. The summed E-state index contributed by atoms with van der Waals surface area (Å²) in [6.07, 6.45) is 10.3. The van der Waals surface area contributed by atoms with Crippen LogP contribution in [0.3, 0.4) is 0 Å². The van der Waals surface area contributed by atoms with Crippen molar-refractivity contribution in [3.05, 3.63) is 23.8 Å². The van der Waals surface area contributed by atoms with Gasteiger partial charge in [-0.05, 0) is 62.9 Å². The summed E-state index contributed by atoms with van der Waals surface area (Å²) in [5.74, 6) is 0.806. The lowest BCUT2D eigenvalue weighted by Crippen LogP contribution is -2.40. The first-order valence-corrected chi connectivity index (χ1v) is 10.3. The third-order valence-corrected chi connectivity index (χ3v) is 6.07. The van der Waals surface area contributed by atoms with Crippen LogP contribution in [0.5, 0.6) is 0 Å². The van der Waals surface area contributed by atoms with Crippen LogP contribution in [0, 0.1) is 23.7 Å². The number of allylic oxidation sites excluding steroid dienone is 3. The van der Waals surface area contributed by atoms with Gasteiger partial charge in [0.2, 0.25) is 0 Å². The van der Waals surface area contributed by atoms with Gasteiger partial charge in [-0.1, -0.05) is 39.0 Å². The molecule has 2 aliphatic rings. The molecule has 4 heteroatoms. The molecule has 4 nitrogen and oxygen atoms in total. The van der Waals surface area contributed by atoms with Crippen molar-refractivity contribution in [2.24, 2.45) is 23.7 Å². The standard InChI is InChI=1S/C22H36O4/c1-5-14(2)22(25)26-20-8-6-7-17-10-9-15(3)19(21(17)20)12-11-18(24)13-16(4)23/h7,9-10,14-16,18-21,23-24H,5-6,8,11-13H2,1-4H3/t14-,15-,16?,18?,19-,20?,21-/m0/s1. The van der Waals surface area contributed by atoms with E-state index in [9.17, 15) is 15.0 Å². The Balaban J connectivity index is 2.10. The lowest BCUT2D eigenvalue weighted by Gasteiger charge is -2.42. The number of hydrogen-bond donors (Lipinski definition) is 2. The molecule has 0 aromatic heterocycles. The normalized spacial score (nSPS) is 31.5. The van der Waals surface area contributed by atoms with Gasteiger partial charge >= 0.3 is 5.97 Å². The van der Waals surface area contributed by atoms with Crippen LogP contribution in [0.25, 0.3) is 0 Å². The number of aliphatic hydroxyl groups is 2. The van der Waals surface area contributed by atoms with Crippen molar-refractivity contribution in [2.75, 3.05) is 0 Å². The van der Waals surface area contributed by atoms with Crippen LogP contribution < -0.4 is 0 Å². The number of esters is 1. The molecule has 0 aromatic rings. The number of ether oxygens (including phenoxy) is 1. The number of carbonyl (C=O) groups is 1. The molecule has 148 valence electrons. The van der Waals surface area contributed by atoms with E-state index in [0.29, 0.717) is 24.7 Å². The Morgan fingerprint density at radius 3 is 2.73 bits per heavy atom. The van der Waals surface area contributed by atoms with Gasteiger partial charge in [0.05, 0.1) is 18.1 Å². The van der Waals surface area contributed by atoms with E-state index >= 15 is 0 Å². The second kappa shape index (κ2) is 9.70. The highest BCUT2D eigenvalue weighted by atomic mass is 16.5. The average Bonchev–Trinajstić information content (AvgIpc) is 2.59. The van der Waals surface area contributed by atoms with Gasteiger partial charge in [0.1, 0.15) is 6.10 Å². The second-order valence-corrected chi connectivity index (χ2v) is 8.29. The highest BCUT2D eigenvalue weighted by Crippen LogP contribution is 2.43. The molecule has 2 aliphatic carbocycles. The summed E-state index contributed by atoms with van der Waals surface area (Å²) in [7, 11) is 0. The van der Waals surface area contributed by atoms with Crippen molar-refractivity contribution in [3.63, 3.8) is 0 Å². The Morgan fingerprint density at radius 2 is 2.08 bits per heavy atom. The first kappa shape index (κ1) is 21.2. The predicted molar refractivity (Wildman–Crippen MR) is 103 cm³/mol. The molecule has 0 spiro atoms. The fourth-order valence-corrected chi connectivity index (χ4v) is 4.28. The zero-order valence-corrected chi connectivity index (χ0v) is 16.7. The number of rotatable bonds is 8. The Morgan fingerprint density at radius 1 is 1.35 bits per heavy atom. The van der Waals surface area contributed by atoms with Crippen LogP contribution in [0.2, 0.25) is 0 Å². The summed E-state index contributed by atoms with van der Waals surface area (Å²) in [5, 5.41) is 19.6. The zero-order valence-electron chi connectivity index (χ0n) is 16.7. The lowest BCUT2D eigenvalue weighted by atomic mass is 9.66. The lowest BCUT2D eigenvalue weighted by molar-refractivity contribution is -0.157. The summed E-state index contributed by atoms with van der Waals surface area (Å²) >= 11 is 0. The van der Waals surface area contributed by atoms with Crippen molar-refractivity contribution in [3.8, 4) is 0 Å². The number of hydrogen-bond acceptors (Lipinski definition) is 4. The number of fused-ring (bicyclic) bond motifs is 1. The molecular weight excluding hydrogens is 328 g/mol. The third kappa shape index (κ3) is 5.43. The summed E-state index contributed by atoms with van der Waals surface area (Å²) in [4.78, 5) is 12.4. The average molecular weight is 365 g/mol.